The van der Waals surface area contributed by atoms with Crippen molar-refractivity contribution < 1.29 is 4.79 Å². The van der Waals surface area contributed by atoms with Crippen LogP contribution in [0.1, 0.15) is 23.5 Å². The van der Waals surface area contributed by atoms with E-state index in [0.717, 1.165) is 22.5 Å². The van der Waals surface area contributed by atoms with Gasteiger partial charge in [0, 0.05) is 12.1 Å². The molecule has 4 heteroatoms. The normalized spacial score (nSPS) is 17.7. The van der Waals surface area contributed by atoms with Gasteiger partial charge in [-0.15, -0.1) is 0 Å². The van der Waals surface area contributed by atoms with E-state index in [0.29, 0.717) is 6.42 Å². The lowest BCUT2D eigenvalue weighted by atomic mass is 9.92. The molecule has 1 unspecified atom stereocenters. The van der Waals surface area contributed by atoms with E-state index in [1.807, 2.05) is 54.6 Å². The second-order valence-corrected chi connectivity index (χ2v) is 4.78. The van der Waals surface area contributed by atoms with Gasteiger partial charge in [-0.2, -0.15) is 5.10 Å². The molecule has 2 aromatic rings. The molecule has 1 amide bonds. The van der Waals surface area contributed by atoms with Crippen molar-refractivity contribution in [3.63, 3.8) is 0 Å². The molecule has 1 aliphatic rings. The van der Waals surface area contributed by atoms with E-state index in [9.17, 15) is 4.79 Å². The minimum atomic E-state index is -0.228. The zero-order valence-electron chi connectivity index (χ0n) is 10.9. The molecule has 1 atom stereocenters. The molecule has 3 rings (SSSR count). The van der Waals surface area contributed by atoms with E-state index in [1.165, 1.54) is 0 Å². The molecule has 0 fully saturated rings. The Morgan fingerprint density at radius 2 is 1.80 bits per heavy atom. The van der Waals surface area contributed by atoms with Gasteiger partial charge in [-0.3, -0.25) is 4.79 Å². The first-order chi connectivity index (χ1) is 9.79. The lowest BCUT2D eigenvalue weighted by molar-refractivity contribution is -0.116. The number of rotatable bonds is 3. The number of nitrogens with zero attached hydrogens (tertiary/aromatic N) is 1. The zero-order valence-corrected chi connectivity index (χ0v) is 10.9. The summed E-state index contributed by atoms with van der Waals surface area (Å²) in [7, 11) is 0. The molecule has 0 aromatic heterocycles. The quantitative estimate of drug-likeness (QED) is 0.508. The van der Waals surface area contributed by atoms with Crippen LogP contribution in [0.2, 0.25) is 0 Å². The summed E-state index contributed by atoms with van der Waals surface area (Å²) in [4.78, 5) is 12.1. The van der Waals surface area contributed by atoms with Crippen molar-refractivity contribution in [3.05, 3.63) is 65.7 Å². The summed E-state index contributed by atoms with van der Waals surface area (Å²) in [6.45, 7) is 0. The van der Waals surface area contributed by atoms with Crippen molar-refractivity contribution >= 4 is 17.3 Å². The fourth-order valence-electron chi connectivity index (χ4n) is 2.55. The molecule has 0 saturated heterocycles. The summed E-state index contributed by atoms with van der Waals surface area (Å²) in [6.07, 6.45) is 0.503. The number of nitrogens with one attached hydrogen (secondary N) is 1. The fraction of sp³-hybridized carbons (Fsp3) is 0.125. The molecule has 4 nitrogen and oxygen atoms in total. The standard InChI is InChI=1S/C16H15N3O/c17-19-15(11-6-2-1-3-7-11)10-13-12-8-4-5-9-14(12)18-16(13)20/h1-9,13H,10,17H2,(H,18,20). The Hall–Kier alpha value is -2.62. The third-order valence-corrected chi connectivity index (χ3v) is 3.57. The molecule has 0 radical (unpaired) electrons. The molecular weight excluding hydrogens is 250 g/mol. The maximum atomic E-state index is 12.1. The Kier molecular flexibility index (Phi) is 3.21. The van der Waals surface area contributed by atoms with E-state index >= 15 is 0 Å². The number of amides is 1. The number of anilines is 1. The van der Waals surface area contributed by atoms with E-state index in [-0.39, 0.29) is 11.8 Å². The summed E-state index contributed by atoms with van der Waals surface area (Å²) < 4.78 is 0. The van der Waals surface area contributed by atoms with Crippen LogP contribution in [0.15, 0.2) is 59.7 Å². The van der Waals surface area contributed by atoms with Crippen LogP contribution < -0.4 is 11.2 Å². The van der Waals surface area contributed by atoms with E-state index in [2.05, 4.69) is 10.4 Å². The Bertz CT molecular complexity index is 664. The molecule has 0 bridgehead atoms. The van der Waals surface area contributed by atoms with Crippen LogP contribution in [0.4, 0.5) is 5.69 Å². The minimum Gasteiger partial charge on any atom is -0.325 e. The first-order valence-corrected chi connectivity index (χ1v) is 6.51. The van der Waals surface area contributed by atoms with Gasteiger partial charge in [0.2, 0.25) is 5.91 Å². The molecule has 1 aliphatic heterocycles. The van der Waals surface area contributed by atoms with Crippen molar-refractivity contribution in [3.8, 4) is 0 Å². The van der Waals surface area contributed by atoms with Crippen molar-refractivity contribution in [2.45, 2.75) is 12.3 Å². The highest BCUT2D eigenvalue weighted by Crippen LogP contribution is 2.35. The summed E-state index contributed by atoms with van der Waals surface area (Å²) in [5, 5.41) is 6.76. The first-order valence-electron chi connectivity index (χ1n) is 6.51. The average Bonchev–Trinajstić information content (AvgIpc) is 2.81. The number of para-hydroxylation sites is 1. The van der Waals surface area contributed by atoms with Gasteiger partial charge < -0.3 is 11.2 Å². The van der Waals surface area contributed by atoms with E-state index in [4.69, 9.17) is 5.84 Å². The highest BCUT2D eigenvalue weighted by atomic mass is 16.2. The molecule has 2 aromatic carbocycles. The van der Waals surface area contributed by atoms with Gasteiger partial charge in [-0.25, -0.2) is 0 Å². The lowest BCUT2D eigenvalue weighted by Gasteiger charge is -2.10. The Labute approximate surface area is 117 Å². The van der Waals surface area contributed by atoms with Crippen molar-refractivity contribution in [1.82, 2.24) is 0 Å². The van der Waals surface area contributed by atoms with Crippen LogP contribution in [0.25, 0.3) is 0 Å². The van der Waals surface area contributed by atoms with E-state index < -0.39 is 0 Å². The summed E-state index contributed by atoms with van der Waals surface area (Å²) >= 11 is 0. The van der Waals surface area contributed by atoms with Crippen LogP contribution in [-0.2, 0) is 4.79 Å². The maximum Gasteiger partial charge on any atom is 0.232 e. The van der Waals surface area contributed by atoms with Crippen LogP contribution in [0, 0.1) is 0 Å². The van der Waals surface area contributed by atoms with Gasteiger partial charge in [-0.05, 0) is 17.2 Å². The first kappa shape index (κ1) is 12.4. The number of carbonyl (C=O) groups is 1. The van der Waals surface area contributed by atoms with E-state index in [1.54, 1.807) is 0 Å². The lowest BCUT2D eigenvalue weighted by Crippen LogP contribution is -2.17. The second kappa shape index (κ2) is 5.17. The van der Waals surface area contributed by atoms with Crippen molar-refractivity contribution in [2.24, 2.45) is 10.9 Å². The SMILES string of the molecule is NN=C(CC1C(=O)Nc2ccccc21)c1ccccc1. The third-order valence-electron chi connectivity index (χ3n) is 3.57. The molecule has 0 aliphatic carbocycles. The molecule has 1 heterocycles. The topological polar surface area (TPSA) is 67.5 Å². The minimum absolute atomic E-state index is 0.00304. The van der Waals surface area contributed by atoms with Gasteiger partial charge in [0.1, 0.15) is 0 Å². The van der Waals surface area contributed by atoms with Gasteiger partial charge >= 0.3 is 0 Å². The van der Waals surface area contributed by atoms with Gasteiger partial charge in [0.25, 0.3) is 0 Å². The number of nitrogens with two attached hydrogens (primary N) is 1. The zero-order chi connectivity index (χ0) is 13.9. The molecule has 20 heavy (non-hydrogen) atoms. The third kappa shape index (κ3) is 2.16. The molecule has 0 saturated carbocycles. The maximum absolute atomic E-state index is 12.1. The van der Waals surface area contributed by atoms with Gasteiger partial charge in [0.05, 0.1) is 11.6 Å². The number of carbonyl (C=O) groups excluding carboxylic acids is 1. The molecular formula is C16H15N3O. The monoisotopic (exact) mass is 265 g/mol. The largest absolute Gasteiger partial charge is 0.325 e. The van der Waals surface area contributed by atoms with Crippen LogP contribution in [-0.4, -0.2) is 11.6 Å². The fourth-order valence-corrected chi connectivity index (χ4v) is 2.55. The number of benzene rings is 2. The number of fused-ring (bicyclic) bond motifs is 1. The smallest absolute Gasteiger partial charge is 0.232 e. The summed E-state index contributed by atoms with van der Waals surface area (Å²) in [5.41, 5.74) is 3.58. The van der Waals surface area contributed by atoms with Crippen molar-refractivity contribution in [2.75, 3.05) is 5.32 Å². The Morgan fingerprint density at radius 1 is 1.10 bits per heavy atom. The van der Waals surface area contributed by atoms with Crippen LogP contribution in [0.3, 0.4) is 0 Å². The predicted octanol–water partition coefficient (Wildman–Crippen LogP) is 2.48. The number of hydrogen-bond donors (Lipinski definition) is 2. The Balaban J connectivity index is 1.90. The average molecular weight is 265 g/mol. The van der Waals surface area contributed by atoms with Gasteiger partial charge in [0.15, 0.2) is 0 Å². The Morgan fingerprint density at radius 3 is 2.55 bits per heavy atom. The molecule has 100 valence electrons. The van der Waals surface area contributed by atoms with Crippen LogP contribution >= 0.6 is 0 Å². The highest BCUT2D eigenvalue weighted by Gasteiger charge is 2.31. The van der Waals surface area contributed by atoms with Crippen LogP contribution in [0.5, 0.6) is 0 Å². The van der Waals surface area contributed by atoms with Crippen molar-refractivity contribution in [1.29, 1.82) is 0 Å². The predicted molar refractivity (Wildman–Crippen MR) is 79.6 cm³/mol. The summed E-state index contributed by atoms with van der Waals surface area (Å²) in [6, 6.07) is 17.4. The van der Waals surface area contributed by atoms with Gasteiger partial charge in [-0.1, -0.05) is 48.5 Å². The number of hydrogen-bond acceptors (Lipinski definition) is 3. The summed E-state index contributed by atoms with van der Waals surface area (Å²) in [5.74, 6) is 5.28. The highest BCUT2D eigenvalue weighted by molar-refractivity contribution is 6.09. The molecule has 3 N–H and O–H groups in total. The second-order valence-electron chi connectivity index (χ2n) is 4.78. The number of hydrazone groups is 1. The molecule has 0 spiro atoms.